The number of carboxylic acid groups (broad SMARTS) is 2. The van der Waals surface area contributed by atoms with Gasteiger partial charge in [-0.15, -0.1) is 0 Å². The molecule has 0 amide bonds. The standard InChI is InChI=1S/2C13H12.C4H6O4.C2H6/c2*1-11-7-9-13(10-8-11)12-5-3-2-4-6-12;5-3(6)1-2-4(7)8;1-2/h2*2-10H,1H3;1-2H2,(H,5,6)(H,7,8);1-2H3. The average Bonchev–Trinajstić information content (AvgIpc) is 2.91. The smallest absolute Gasteiger partial charge is 0.303 e. The third-order valence-corrected chi connectivity index (χ3v) is 4.87. The maximum atomic E-state index is 9.64. The van der Waals surface area contributed by atoms with E-state index in [1.807, 2.05) is 26.0 Å². The van der Waals surface area contributed by atoms with E-state index >= 15 is 0 Å². The van der Waals surface area contributed by atoms with Crippen molar-refractivity contribution in [1.29, 1.82) is 0 Å². The monoisotopic (exact) mass is 484 g/mol. The van der Waals surface area contributed by atoms with Gasteiger partial charge in [-0.25, -0.2) is 0 Å². The van der Waals surface area contributed by atoms with Crippen molar-refractivity contribution in [3.63, 3.8) is 0 Å². The molecule has 2 N–H and O–H groups in total. The summed E-state index contributed by atoms with van der Waals surface area (Å²) in [6.07, 6.45) is -0.593. The van der Waals surface area contributed by atoms with Gasteiger partial charge in [-0.3, -0.25) is 9.59 Å². The molecule has 36 heavy (non-hydrogen) atoms. The summed E-state index contributed by atoms with van der Waals surface area (Å²) in [5, 5.41) is 15.8. The van der Waals surface area contributed by atoms with Gasteiger partial charge < -0.3 is 10.2 Å². The molecular formula is C32H36O4. The van der Waals surface area contributed by atoms with Crippen LogP contribution in [0.25, 0.3) is 22.3 Å². The van der Waals surface area contributed by atoms with Gasteiger partial charge in [-0.2, -0.15) is 0 Å². The number of carboxylic acids is 2. The fourth-order valence-corrected chi connectivity index (χ4v) is 2.97. The molecule has 4 aromatic rings. The van der Waals surface area contributed by atoms with Crippen molar-refractivity contribution in [2.24, 2.45) is 0 Å². The summed E-state index contributed by atoms with van der Waals surface area (Å²) in [7, 11) is 0. The second-order valence-corrected chi connectivity index (χ2v) is 7.75. The Labute approximate surface area is 214 Å². The molecule has 4 heteroatoms. The molecular weight excluding hydrogens is 448 g/mol. The van der Waals surface area contributed by atoms with Crippen molar-refractivity contribution in [2.75, 3.05) is 0 Å². The molecule has 0 aromatic heterocycles. The number of hydrogen-bond acceptors (Lipinski definition) is 2. The highest BCUT2D eigenvalue weighted by Gasteiger charge is 2.00. The van der Waals surface area contributed by atoms with Crippen LogP contribution in [0.2, 0.25) is 0 Å². The SMILES string of the molecule is CC.Cc1ccc(-c2ccccc2)cc1.Cc1ccc(-c2ccccc2)cc1.O=C(O)CCC(=O)O. The average molecular weight is 485 g/mol. The lowest BCUT2D eigenvalue weighted by molar-refractivity contribution is -0.143. The van der Waals surface area contributed by atoms with Crippen LogP contribution in [0.1, 0.15) is 37.8 Å². The van der Waals surface area contributed by atoms with Crippen LogP contribution in [-0.2, 0) is 9.59 Å². The van der Waals surface area contributed by atoms with Crippen LogP contribution in [0, 0.1) is 13.8 Å². The molecule has 0 saturated heterocycles. The van der Waals surface area contributed by atoms with Crippen LogP contribution >= 0.6 is 0 Å². The lowest BCUT2D eigenvalue weighted by Crippen LogP contribution is -2.00. The molecule has 188 valence electrons. The zero-order valence-electron chi connectivity index (χ0n) is 21.5. The molecule has 0 atom stereocenters. The zero-order valence-corrected chi connectivity index (χ0v) is 21.5. The minimum atomic E-state index is -1.08. The van der Waals surface area contributed by atoms with E-state index in [0.717, 1.165) is 0 Å². The highest BCUT2D eigenvalue weighted by atomic mass is 16.4. The van der Waals surface area contributed by atoms with Gasteiger partial charge >= 0.3 is 11.9 Å². The normalized spacial score (nSPS) is 9.22. The summed E-state index contributed by atoms with van der Waals surface area (Å²) in [5.74, 6) is -2.15. The Morgan fingerprint density at radius 3 is 0.972 bits per heavy atom. The van der Waals surface area contributed by atoms with E-state index in [9.17, 15) is 9.59 Å². The third-order valence-electron chi connectivity index (χ3n) is 4.87. The van der Waals surface area contributed by atoms with Crippen LogP contribution in [0.4, 0.5) is 0 Å². The van der Waals surface area contributed by atoms with Gasteiger partial charge in [0, 0.05) is 0 Å². The molecule has 0 bridgehead atoms. The lowest BCUT2D eigenvalue weighted by atomic mass is 10.0. The fourth-order valence-electron chi connectivity index (χ4n) is 2.97. The minimum absolute atomic E-state index is 0.296. The third kappa shape index (κ3) is 12.3. The maximum Gasteiger partial charge on any atom is 0.303 e. The number of benzene rings is 4. The molecule has 4 rings (SSSR count). The molecule has 0 aliphatic heterocycles. The van der Waals surface area contributed by atoms with Crippen molar-refractivity contribution >= 4 is 11.9 Å². The predicted molar refractivity (Wildman–Crippen MR) is 149 cm³/mol. The van der Waals surface area contributed by atoms with Gasteiger partial charge in [-0.1, -0.05) is 134 Å². The molecule has 0 aliphatic rings. The first-order valence-corrected chi connectivity index (χ1v) is 12.0. The van der Waals surface area contributed by atoms with E-state index in [4.69, 9.17) is 10.2 Å². The molecule has 0 saturated carbocycles. The molecule has 0 spiro atoms. The topological polar surface area (TPSA) is 74.6 Å². The summed E-state index contributed by atoms with van der Waals surface area (Å²) in [6, 6.07) is 38.1. The van der Waals surface area contributed by atoms with E-state index in [-0.39, 0.29) is 12.8 Å². The Hall–Kier alpha value is -4.18. The molecule has 4 aromatic carbocycles. The number of carbonyl (C=O) groups is 2. The summed E-state index contributed by atoms with van der Waals surface area (Å²) in [5.41, 5.74) is 7.74. The van der Waals surface area contributed by atoms with Gasteiger partial charge in [0.2, 0.25) is 0 Å². The van der Waals surface area contributed by atoms with Crippen molar-refractivity contribution in [3.8, 4) is 22.3 Å². The van der Waals surface area contributed by atoms with Crippen molar-refractivity contribution in [3.05, 3.63) is 120 Å². The van der Waals surface area contributed by atoms with Crippen molar-refractivity contribution in [1.82, 2.24) is 0 Å². The van der Waals surface area contributed by atoms with E-state index in [1.165, 1.54) is 33.4 Å². The van der Waals surface area contributed by atoms with E-state index in [2.05, 4.69) is 111 Å². The van der Waals surface area contributed by atoms with E-state index in [1.54, 1.807) is 0 Å². The number of aryl methyl sites for hydroxylation is 2. The summed E-state index contributed by atoms with van der Waals surface area (Å²) >= 11 is 0. The maximum absolute atomic E-state index is 9.64. The second kappa shape index (κ2) is 17.3. The van der Waals surface area contributed by atoms with Gasteiger partial charge in [0.15, 0.2) is 0 Å². The van der Waals surface area contributed by atoms with E-state index < -0.39 is 11.9 Å². The van der Waals surface area contributed by atoms with Crippen molar-refractivity contribution in [2.45, 2.75) is 40.5 Å². The summed E-state index contributed by atoms with van der Waals surface area (Å²) < 4.78 is 0. The molecule has 0 fully saturated rings. The summed E-state index contributed by atoms with van der Waals surface area (Å²) in [4.78, 5) is 19.3. The van der Waals surface area contributed by atoms with Crippen LogP contribution in [-0.4, -0.2) is 22.2 Å². The lowest BCUT2D eigenvalue weighted by Gasteiger charge is -2.00. The second-order valence-electron chi connectivity index (χ2n) is 7.75. The molecule has 0 unspecified atom stereocenters. The van der Waals surface area contributed by atoms with Gasteiger partial charge in [0.05, 0.1) is 12.8 Å². The molecule has 0 aliphatic carbocycles. The number of hydrogen-bond donors (Lipinski definition) is 2. The first-order chi connectivity index (χ1) is 17.3. The Morgan fingerprint density at radius 1 is 0.472 bits per heavy atom. The Morgan fingerprint density at radius 2 is 0.722 bits per heavy atom. The summed E-state index contributed by atoms with van der Waals surface area (Å²) in [6.45, 7) is 8.21. The fraction of sp³-hybridized carbons (Fsp3) is 0.188. The predicted octanol–water partition coefficient (Wildman–Crippen LogP) is 8.29. The van der Waals surface area contributed by atoms with Crippen LogP contribution in [0.3, 0.4) is 0 Å². The minimum Gasteiger partial charge on any atom is -0.481 e. The van der Waals surface area contributed by atoms with Crippen molar-refractivity contribution < 1.29 is 19.8 Å². The van der Waals surface area contributed by atoms with Gasteiger partial charge in [-0.05, 0) is 36.1 Å². The molecule has 0 heterocycles. The van der Waals surface area contributed by atoms with E-state index in [0.29, 0.717) is 0 Å². The highest BCUT2D eigenvalue weighted by Crippen LogP contribution is 2.19. The number of aliphatic carboxylic acids is 2. The highest BCUT2D eigenvalue weighted by molar-refractivity contribution is 5.75. The first kappa shape index (κ1) is 29.9. The molecule has 4 nitrogen and oxygen atoms in total. The first-order valence-electron chi connectivity index (χ1n) is 12.0. The van der Waals surface area contributed by atoms with Crippen LogP contribution in [0.15, 0.2) is 109 Å². The van der Waals surface area contributed by atoms with Crippen LogP contribution < -0.4 is 0 Å². The Kier molecular flexibility index (Phi) is 14.3. The Bertz CT molecular complexity index is 1040. The zero-order chi connectivity index (χ0) is 26.8. The van der Waals surface area contributed by atoms with Crippen LogP contribution in [0.5, 0.6) is 0 Å². The largest absolute Gasteiger partial charge is 0.481 e. The van der Waals surface area contributed by atoms with Gasteiger partial charge in [0.1, 0.15) is 0 Å². The molecule has 0 radical (unpaired) electrons. The van der Waals surface area contributed by atoms with Gasteiger partial charge in [0.25, 0.3) is 0 Å². The quantitative estimate of drug-likeness (QED) is 0.299. The Balaban J connectivity index is 0.000000269. The number of rotatable bonds is 5.